The van der Waals surface area contributed by atoms with Crippen LogP contribution in [0.4, 0.5) is 0 Å². The second-order valence-electron chi connectivity index (χ2n) is 2.51. The summed E-state index contributed by atoms with van der Waals surface area (Å²) in [6.45, 7) is 1.23. The highest BCUT2D eigenvalue weighted by Gasteiger charge is 2.05. The van der Waals surface area contributed by atoms with Gasteiger partial charge in [0.1, 0.15) is 0 Å². The molecule has 13 heavy (non-hydrogen) atoms. The molecule has 4 nitrogen and oxygen atoms in total. The molecule has 1 rings (SSSR count). The first kappa shape index (κ1) is 10.2. The van der Waals surface area contributed by atoms with E-state index in [2.05, 4.69) is 5.32 Å². The molecule has 0 bridgehead atoms. The van der Waals surface area contributed by atoms with Gasteiger partial charge in [0.05, 0.1) is 12.2 Å². The molecule has 0 spiro atoms. The molecule has 0 aromatic carbocycles. The number of carbonyl (C=O) groups is 1. The number of rotatable bonds is 5. The zero-order chi connectivity index (χ0) is 9.68. The Bertz CT molecular complexity index is 285. The average molecular weight is 201 g/mol. The summed E-state index contributed by atoms with van der Waals surface area (Å²) in [5.74, 6) is -0.898. The van der Waals surface area contributed by atoms with Crippen LogP contribution in [0.2, 0.25) is 0 Å². The highest BCUT2D eigenvalue weighted by molar-refractivity contribution is 7.10. The van der Waals surface area contributed by atoms with Gasteiger partial charge in [-0.1, -0.05) is 0 Å². The maximum absolute atomic E-state index is 10.5. The molecule has 0 aliphatic rings. The van der Waals surface area contributed by atoms with Gasteiger partial charge >= 0.3 is 5.97 Å². The van der Waals surface area contributed by atoms with Gasteiger partial charge in [0.2, 0.25) is 0 Å². The van der Waals surface area contributed by atoms with Gasteiger partial charge in [-0.05, 0) is 6.07 Å². The minimum absolute atomic E-state index is 0.0944. The number of hydrogen-bond acceptors (Lipinski definition) is 4. The normalized spacial score (nSPS) is 10.2. The minimum Gasteiger partial charge on any atom is -0.478 e. The molecule has 3 N–H and O–H groups in total. The SMILES string of the molecule is O=C(O)c1csc(CNCCO)c1. The number of hydrogen-bond donors (Lipinski definition) is 3. The molecule has 1 heterocycles. The summed E-state index contributed by atoms with van der Waals surface area (Å²) in [5.41, 5.74) is 0.325. The van der Waals surface area contributed by atoms with Crippen LogP contribution in [-0.4, -0.2) is 29.3 Å². The molecule has 0 radical (unpaired) electrons. The number of carboxylic acids is 1. The van der Waals surface area contributed by atoms with Crippen LogP contribution < -0.4 is 5.32 Å². The topological polar surface area (TPSA) is 69.6 Å². The fourth-order valence-corrected chi connectivity index (χ4v) is 1.70. The molecular weight excluding hydrogens is 190 g/mol. The lowest BCUT2D eigenvalue weighted by Crippen LogP contribution is -2.16. The summed E-state index contributed by atoms with van der Waals surface area (Å²) in [4.78, 5) is 11.5. The number of thiophene rings is 1. The lowest BCUT2D eigenvalue weighted by molar-refractivity contribution is 0.0697. The summed E-state index contributed by atoms with van der Waals surface area (Å²) in [6.07, 6.45) is 0. The van der Waals surface area contributed by atoms with Gasteiger partial charge in [0.15, 0.2) is 0 Å². The summed E-state index contributed by atoms with van der Waals surface area (Å²) in [6, 6.07) is 1.64. The van der Waals surface area contributed by atoms with Crippen molar-refractivity contribution in [3.8, 4) is 0 Å². The first-order valence-electron chi connectivity index (χ1n) is 3.86. The lowest BCUT2D eigenvalue weighted by atomic mass is 10.3. The second kappa shape index (κ2) is 4.96. The largest absolute Gasteiger partial charge is 0.478 e. The van der Waals surface area contributed by atoms with Gasteiger partial charge in [0.25, 0.3) is 0 Å². The van der Waals surface area contributed by atoms with Gasteiger partial charge in [0, 0.05) is 23.3 Å². The third-order valence-corrected chi connectivity index (χ3v) is 2.43. The average Bonchev–Trinajstić information content (AvgIpc) is 2.53. The molecule has 0 amide bonds. The fraction of sp³-hybridized carbons (Fsp3) is 0.375. The number of aliphatic hydroxyl groups is 1. The molecule has 0 unspecified atom stereocenters. The smallest absolute Gasteiger partial charge is 0.336 e. The predicted octanol–water partition coefficient (Wildman–Crippen LogP) is 0.528. The predicted molar refractivity (Wildman–Crippen MR) is 50.1 cm³/mol. The highest BCUT2D eigenvalue weighted by Crippen LogP contribution is 2.13. The van der Waals surface area contributed by atoms with Crippen molar-refractivity contribution >= 4 is 17.3 Å². The van der Waals surface area contributed by atoms with E-state index in [1.165, 1.54) is 11.3 Å². The van der Waals surface area contributed by atoms with E-state index in [4.69, 9.17) is 10.2 Å². The fourth-order valence-electron chi connectivity index (χ4n) is 0.876. The Hall–Kier alpha value is -0.910. The van der Waals surface area contributed by atoms with Gasteiger partial charge in [-0.3, -0.25) is 0 Å². The lowest BCUT2D eigenvalue weighted by Gasteiger charge is -1.97. The van der Waals surface area contributed by atoms with E-state index in [9.17, 15) is 4.79 Å². The van der Waals surface area contributed by atoms with Crippen LogP contribution in [0.3, 0.4) is 0 Å². The number of aliphatic hydroxyl groups excluding tert-OH is 1. The Balaban J connectivity index is 2.44. The molecule has 5 heteroatoms. The van der Waals surface area contributed by atoms with Gasteiger partial charge < -0.3 is 15.5 Å². The third kappa shape index (κ3) is 3.14. The van der Waals surface area contributed by atoms with E-state index in [0.717, 1.165) is 4.88 Å². The monoisotopic (exact) mass is 201 g/mol. The van der Waals surface area contributed by atoms with Gasteiger partial charge in [-0.15, -0.1) is 11.3 Å². The van der Waals surface area contributed by atoms with E-state index < -0.39 is 5.97 Å². The van der Waals surface area contributed by atoms with E-state index in [-0.39, 0.29) is 6.61 Å². The summed E-state index contributed by atoms with van der Waals surface area (Å²) >= 11 is 1.40. The molecule has 0 aliphatic heterocycles. The Kier molecular flexibility index (Phi) is 3.88. The molecule has 1 aromatic heterocycles. The van der Waals surface area contributed by atoms with Crippen LogP contribution in [0.1, 0.15) is 15.2 Å². The van der Waals surface area contributed by atoms with E-state index in [1.807, 2.05) is 0 Å². The van der Waals surface area contributed by atoms with Crippen LogP contribution in [0.5, 0.6) is 0 Å². The Morgan fingerprint density at radius 1 is 1.62 bits per heavy atom. The molecule has 0 aliphatic carbocycles. The van der Waals surface area contributed by atoms with Crippen molar-refractivity contribution in [2.45, 2.75) is 6.54 Å². The van der Waals surface area contributed by atoms with Crippen molar-refractivity contribution in [3.05, 3.63) is 21.9 Å². The van der Waals surface area contributed by atoms with Crippen molar-refractivity contribution in [1.82, 2.24) is 5.32 Å². The third-order valence-electron chi connectivity index (χ3n) is 1.49. The molecular formula is C8H11NO3S. The summed E-state index contributed by atoms with van der Waals surface area (Å²) < 4.78 is 0. The van der Waals surface area contributed by atoms with Gasteiger partial charge in [-0.2, -0.15) is 0 Å². The molecule has 0 fully saturated rings. The Morgan fingerprint density at radius 3 is 2.92 bits per heavy atom. The molecule has 0 atom stereocenters. The zero-order valence-electron chi connectivity index (χ0n) is 6.99. The van der Waals surface area contributed by atoms with Crippen LogP contribution in [0.25, 0.3) is 0 Å². The maximum atomic E-state index is 10.5. The highest BCUT2D eigenvalue weighted by atomic mass is 32.1. The van der Waals surface area contributed by atoms with Crippen LogP contribution in [0.15, 0.2) is 11.4 Å². The molecule has 0 saturated carbocycles. The first-order chi connectivity index (χ1) is 6.24. The van der Waals surface area contributed by atoms with E-state index in [0.29, 0.717) is 18.7 Å². The van der Waals surface area contributed by atoms with Crippen LogP contribution in [-0.2, 0) is 6.54 Å². The number of aromatic carboxylic acids is 1. The van der Waals surface area contributed by atoms with Crippen LogP contribution in [0, 0.1) is 0 Å². The zero-order valence-corrected chi connectivity index (χ0v) is 7.80. The maximum Gasteiger partial charge on any atom is 0.336 e. The van der Waals surface area contributed by atoms with Crippen molar-refractivity contribution in [2.75, 3.05) is 13.2 Å². The van der Waals surface area contributed by atoms with E-state index >= 15 is 0 Å². The first-order valence-corrected chi connectivity index (χ1v) is 4.74. The number of nitrogens with one attached hydrogen (secondary N) is 1. The van der Waals surface area contributed by atoms with Crippen molar-refractivity contribution in [2.24, 2.45) is 0 Å². The van der Waals surface area contributed by atoms with E-state index in [1.54, 1.807) is 11.4 Å². The Morgan fingerprint density at radius 2 is 2.38 bits per heavy atom. The van der Waals surface area contributed by atoms with Crippen LogP contribution >= 0.6 is 11.3 Å². The standard InChI is InChI=1S/C8H11NO3S/c10-2-1-9-4-7-3-6(5-13-7)8(11)12/h3,5,9-10H,1-2,4H2,(H,11,12). The molecule has 72 valence electrons. The Labute approximate surface area is 79.8 Å². The van der Waals surface area contributed by atoms with Crippen molar-refractivity contribution < 1.29 is 15.0 Å². The molecule has 1 aromatic rings. The summed E-state index contributed by atoms with van der Waals surface area (Å²) in [5, 5.41) is 21.7. The quantitative estimate of drug-likeness (QED) is 0.608. The van der Waals surface area contributed by atoms with Crippen molar-refractivity contribution in [3.63, 3.8) is 0 Å². The minimum atomic E-state index is -0.898. The second-order valence-corrected chi connectivity index (χ2v) is 3.50. The summed E-state index contributed by atoms with van der Waals surface area (Å²) in [7, 11) is 0. The molecule has 0 saturated heterocycles. The van der Waals surface area contributed by atoms with Crippen molar-refractivity contribution in [1.29, 1.82) is 0 Å². The number of carboxylic acid groups (broad SMARTS) is 1. The van der Waals surface area contributed by atoms with Gasteiger partial charge in [-0.25, -0.2) is 4.79 Å².